The van der Waals surface area contributed by atoms with Gasteiger partial charge in [-0.2, -0.15) is 5.10 Å². The molecule has 0 bridgehead atoms. The van der Waals surface area contributed by atoms with Crippen LogP contribution in [0.5, 0.6) is 0 Å². The van der Waals surface area contributed by atoms with Crippen LogP contribution in [0.15, 0.2) is 18.2 Å². The zero-order valence-corrected chi connectivity index (χ0v) is 13.5. The Balaban J connectivity index is 1.89. The number of rotatable bonds is 6. The zero-order valence-electron chi connectivity index (χ0n) is 12.7. The van der Waals surface area contributed by atoms with E-state index in [1.54, 1.807) is 6.07 Å². The summed E-state index contributed by atoms with van der Waals surface area (Å²) in [5.41, 5.74) is 4.09. The van der Waals surface area contributed by atoms with Crippen LogP contribution >= 0.6 is 11.6 Å². The second-order valence-corrected chi connectivity index (χ2v) is 5.56. The van der Waals surface area contributed by atoms with Crippen molar-refractivity contribution in [2.24, 2.45) is 7.05 Å². The number of aryl methyl sites for hydroxylation is 3. The van der Waals surface area contributed by atoms with Crippen molar-refractivity contribution in [2.45, 2.75) is 33.2 Å². The number of aromatic nitrogens is 2. The Kier molecular flexibility index (Phi) is 5.37. The maximum absolute atomic E-state index is 13.0. The molecule has 0 amide bonds. The quantitative estimate of drug-likeness (QED) is 0.829. The molecule has 0 spiro atoms. The summed E-state index contributed by atoms with van der Waals surface area (Å²) in [5.74, 6) is -0.182. The number of halogens is 2. The van der Waals surface area contributed by atoms with Crippen LogP contribution in [0.4, 0.5) is 4.39 Å². The summed E-state index contributed by atoms with van der Waals surface area (Å²) in [7, 11) is 1.91. The fraction of sp³-hybridized carbons (Fsp3) is 0.438. The number of benzene rings is 1. The summed E-state index contributed by atoms with van der Waals surface area (Å²) >= 11 is 6.30. The van der Waals surface area contributed by atoms with Crippen molar-refractivity contribution in [2.75, 3.05) is 6.54 Å². The molecule has 0 radical (unpaired) electrons. The second kappa shape index (κ2) is 7.05. The molecule has 114 valence electrons. The average Bonchev–Trinajstić information content (AvgIpc) is 2.72. The summed E-state index contributed by atoms with van der Waals surface area (Å²) in [4.78, 5) is 0. The molecule has 0 aliphatic heterocycles. The monoisotopic (exact) mass is 309 g/mol. The minimum Gasteiger partial charge on any atom is -0.311 e. The van der Waals surface area contributed by atoms with E-state index >= 15 is 0 Å². The van der Waals surface area contributed by atoms with E-state index < -0.39 is 0 Å². The van der Waals surface area contributed by atoms with Gasteiger partial charge in [-0.1, -0.05) is 24.6 Å². The van der Waals surface area contributed by atoms with Crippen LogP contribution in [0, 0.1) is 12.7 Å². The Morgan fingerprint density at radius 2 is 2.14 bits per heavy atom. The van der Waals surface area contributed by atoms with Crippen molar-refractivity contribution in [1.82, 2.24) is 15.1 Å². The van der Waals surface area contributed by atoms with Crippen LogP contribution in [0.3, 0.4) is 0 Å². The highest BCUT2D eigenvalue weighted by Gasteiger charge is 2.12. The lowest BCUT2D eigenvalue weighted by molar-refractivity contribution is 0.616. The van der Waals surface area contributed by atoms with E-state index in [4.69, 9.17) is 11.6 Å². The fourth-order valence-corrected chi connectivity index (χ4v) is 2.74. The largest absolute Gasteiger partial charge is 0.311 e. The molecule has 0 saturated carbocycles. The van der Waals surface area contributed by atoms with Crippen LogP contribution in [-0.2, 0) is 26.4 Å². The van der Waals surface area contributed by atoms with Crippen molar-refractivity contribution in [3.8, 4) is 0 Å². The van der Waals surface area contributed by atoms with Gasteiger partial charge in [0.05, 0.1) is 16.4 Å². The molecular weight excluding hydrogens is 289 g/mol. The van der Waals surface area contributed by atoms with Gasteiger partial charge in [-0.3, -0.25) is 4.68 Å². The van der Waals surface area contributed by atoms with Gasteiger partial charge in [-0.05, 0) is 49.6 Å². The molecule has 1 aromatic carbocycles. The van der Waals surface area contributed by atoms with Gasteiger partial charge in [-0.25, -0.2) is 4.39 Å². The molecular formula is C16H21ClFN3. The first kappa shape index (κ1) is 16.0. The molecule has 1 N–H and O–H groups in total. The fourth-order valence-electron chi connectivity index (χ4n) is 2.38. The molecule has 3 nitrogen and oxygen atoms in total. The molecule has 1 aromatic heterocycles. The molecule has 5 heteroatoms. The van der Waals surface area contributed by atoms with Crippen molar-refractivity contribution in [3.05, 3.63) is 51.6 Å². The molecule has 0 aliphatic rings. The van der Waals surface area contributed by atoms with Gasteiger partial charge in [0.1, 0.15) is 5.82 Å². The number of hydrogen-bond donors (Lipinski definition) is 1. The molecule has 0 aliphatic carbocycles. The van der Waals surface area contributed by atoms with Crippen LogP contribution in [-0.4, -0.2) is 16.3 Å². The summed E-state index contributed by atoms with van der Waals surface area (Å²) in [6.45, 7) is 5.48. The van der Waals surface area contributed by atoms with E-state index in [-0.39, 0.29) is 5.82 Å². The van der Waals surface area contributed by atoms with Gasteiger partial charge < -0.3 is 5.32 Å². The number of hydrogen-bond acceptors (Lipinski definition) is 2. The number of nitrogens with one attached hydrogen (secondary N) is 1. The van der Waals surface area contributed by atoms with Gasteiger partial charge in [0, 0.05) is 13.6 Å². The summed E-state index contributed by atoms with van der Waals surface area (Å²) in [6.07, 6.45) is 1.70. The lowest BCUT2D eigenvalue weighted by Crippen LogP contribution is -2.19. The van der Waals surface area contributed by atoms with Gasteiger partial charge in [0.25, 0.3) is 0 Å². The maximum atomic E-state index is 13.0. The SMILES string of the molecule is CCc1nn(C)c(CNCCc2ccc(F)cc2C)c1Cl. The normalized spacial score (nSPS) is 11.1. The van der Waals surface area contributed by atoms with Gasteiger partial charge in [0.2, 0.25) is 0 Å². The molecule has 0 saturated heterocycles. The summed E-state index contributed by atoms with van der Waals surface area (Å²) in [6, 6.07) is 4.92. The van der Waals surface area contributed by atoms with Crippen LogP contribution in [0.25, 0.3) is 0 Å². The van der Waals surface area contributed by atoms with Crippen molar-refractivity contribution in [3.63, 3.8) is 0 Å². The van der Waals surface area contributed by atoms with E-state index in [0.717, 1.165) is 46.9 Å². The van der Waals surface area contributed by atoms with Crippen LogP contribution in [0.2, 0.25) is 5.02 Å². The Morgan fingerprint density at radius 1 is 1.38 bits per heavy atom. The first-order chi connectivity index (χ1) is 10.0. The van der Waals surface area contributed by atoms with E-state index in [1.165, 1.54) is 6.07 Å². The van der Waals surface area contributed by atoms with Crippen molar-refractivity contribution < 1.29 is 4.39 Å². The third-order valence-electron chi connectivity index (χ3n) is 3.67. The predicted molar refractivity (Wildman–Crippen MR) is 84.1 cm³/mol. The molecule has 0 unspecified atom stereocenters. The summed E-state index contributed by atoms with van der Waals surface area (Å²) in [5, 5.41) is 8.52. The molecule has 2 rings (SSSR count). The Morgan fingerprint density at radius 3 is 2.76 bits per heavy atom. The average molecular weight is 310 g/mol. The van der Waals surface area contributed by atoms with E-state index in [1.807, 2.05) is 31.6 Å². The molecule has 0 atom stereocenters. The first-order valence-corrected chi connectivity index (χ1v) is 7.56. The molecule has 1 heterocycles. The van der Waals surface area contributed by atoms with E-state index in [0.29, 0.717) is 6.54 Å². The Bertz CT molecular complexity index is 622. The Labute approximate surface area is 130 Å². The molecule has 0 fully saturated rings. The highest BCUT2D eigenvalue weighted by atomic mass is 35.5. The predicted octanol–water partition coefficient (Wildman–Crippen LogP) is 3.42. The minimum atomic E-state index is -0.182. The Hall–Kier alpha value is -1.39. The third kappa shape index (κ3) is 3.83. The van der Waals surface area contributed by atoms with Gasteiger partial charge in [-0.15, -0.1) is 0 Å². The highest BCUT2D eigenvalue weighted by molar-refractivity contribution is 6.31. The second-order valence-electron chi connectivity index (χ2n) is 5.18. The number of nitrogens with zero attached hydrogens (tertiary/aromatic N) is 2. The van der Waals surface area contributed by atoms with Crippen molar-refractivity contribution >= 4 is 11.6 Å². The topological polar surface area (TPSA) is 29.9 Å². The molecule has 2 aromatic rings. The standard InChI is InChI=1S/C16H21ClFN3/c1-4-14-16(17)15(21(3)20-14)10-19-8-7-12-5-6-13(18)9-11(12)2/h5-6,9,19H,4,7-8,10H2,1-3H3. The lowest BCUT2D eigenvalue weighted by atomic mass is 10.1. The third-order valence-corrected chi connectivity index (χ3v) is 4.11. The van der Waals surface area contributed by atoms with E-state index in [9.17, 15) is 4.39 Å². The van der Waals surface area contributed by atoms with Gasteiger partial charge in [0.15, 0.2) is 0 Å². The zero-order chi connectivity index (χ0) is 15.4. The smallest absolute Gasteiger partial charge is 0.123 e. The highest BCUT2D eigenvalue weighted by Crippen LogP contribution is 2.20. The molecule has 21 heavy (non-hydrogen) atoms. The van der Waals surface area contributed by atoms with Gasteiger partial charge >= 0.3 is 0 Å². The minimum absolute atomic E-state index is 0.182. The van der Waals surface area contributed by atoms with Crippen LogP contribution < -0.4 is 5.32 Å². The van der Waals surface area contributed by atoms with E-state index in [2.05, 4.69) is 10.4 Å². The van der Waals surface area contributed by atoms with Crippen molar-refractivity contribution in [1.29, 1.82) is 0 Å². The first-order valence-electron chi connectivity index (χ1n) is 7.19. The lowest BCUT2D eigenvalue weighted by Gasteiger charge is -2.08. The maximum Gasteiger partial charge on any atom is 0.123 e. The summed E-state index contributed by atoms with van der Waals surface area (Å²) < 4.78 is 14.9. The van der Waals surface area contributed by atoms with Crippen LogP contribution in [0.1, 0.15) is 29.4 Å².